The number of carboxylic acids is 2. The summed E-state index contributed by atoms with van der Waals surface area (Å²) >= 11 is 28.5. The van der Waals surface area contributed by atoms with Crippen molar-refractivity contribution in [2.24, 2.45) is 0 Å². The van der Waals surface area contributed by atoms with Crippen molar-refractivity contribution in [3.63, 3.8) is 0 Å². The number of nitrogens with one attached hydrogen (secondary N) is 3. The number of hydrogen-bond acceptors (Lipinski definition) is 16. The fourth-order valence-corrected chi connectivity index (χ4v) is 8.27. The number of aliphatic carboxylic acids is 1. The number of carbonyl (C=O) groups is 4. The minimum Gasteiger partial charge on any atom is -0.489 e. The second-order valence-electron chi connectivity index (χ2n) is 18.6. The number of nitro benzene ring substituents is 1. The van der Waals surface area contributed by atoms with Crippen LogP contribution in [0.5, 0.6) is 17.2 Å². The molecule has 2 unspecified atom stereocenters. The Morgan fingerprint density at radius 2 is 1.61 bits per heavy atom. The predicted molar refractivity (Wildman–Crippen MR) is 316 cm³/mol. The van der Waals surface area contributed by atoms with Gasteiger partial charge in [0.1, 0.15) is 35.3 Å². The summed E-state index contributed by atoms with van der Waals surface area (Å²) in [5.41, 5.74) is 1.58. The van der Waals surface area contributed by atoms with Gasteiger partial charge in [0.25, 0.3) is 11.6 Å². The van der Waals surface area contributed by atoms with E-state index in [1.807, 2.05) is 84.9 Å². The molecular weight excluding hydrogens is 1240 g/mol. The summed E-state index contributed by atoms with van der Waals surface area (Å²) in [6.07, 6.45) is -4.30. The number of para-hydroxylation sites is 3. The van der Waals surface area contributed by atoms with E-state index in [0.717, 1.165) is 65.8 Å². The van der Waals surface area contributed by atoms with E-state index in [1.165, 1.54) is 0 Å². The minimum absolute atomic E-state index is 0.0223. The zero-order chi connectivity index (χ0) is 63.9. The highest BCUT2D eigenvalue weighted by Gasteiger charge is 2.33. The van der Waals surface area contributed by atoms with Crippen molar-refractivity contribution in [2.75, 3.05) is 66.0 Å². The SMILES string of the molecule is CC1COc2ccccc2N1C(=O)C(Cl)Cl.CCNc1nc(Cl)nc(NC(C)(C)C)n1.CCc1cccc(C)c1N(C(=O)CCl)C(C)COC.O=C(O)CNCP(=O)(O)O.O=C(O)c1cc(Oc2ccc(C(F)(F)F)cc2Cl)ccc1[N+](=O)[O-]. The first-order valence-electron chi connectivity index (χ1n) is 24.8. The van der Waals surface area contributed by atoms with Crippen LogP contribution in [0, 0.1) is 17.0 Å². The number of methoxy groups -OCH3 is 1. The smallest absolute Gasteiger partial charge is 0.416 e. The number of aromatic nitrogens is 3. The van der Waals surface area contributed by atoms with Crippen LogP contribution in [0.25, 0.3) is 0 Å². The molecule has 1 aromatic heterocycles. The van der Waals surface area contributed by atoms with Gasteiger partial charge in [-0.3, -0.25) is 34.4 Å². The summed E-state index contributed by atoms with van der Waals surface area (Å²) < 4.78 is 63.6. The van der Waals surface area contributed by atoms with E-state index in [2.05, 4.69) is 43.9 Å². The van der Waals surface area contributed by atoms with Gasteiger partial charge in [0.05, 0.1) is 58.4 Å². The average Bonchev–Trinajstić information content (AvgIpc) is 3.33. The maximum absolute atomic E-state index is 12.6. The standard InChI is InChI=1S/C15H22ClNO2.C14H7ClF3NO5.C11H11Cl2NO2.C9H16ClN5.C3H8NO5P/c1-5-13-8-6-7-11(2)15(13)17(14(18)9-16)12(3)10-19-4;15-10-5-7(14(16,17)18)1-4-12(10)24-8-2-3-11(19(22)23)9(6-8)13(20)21;1-7-6-16-9-5-3-2-4-8(9)14(7)11(15)10(12)13;1-5-11-7-12-6(10)13-8(14-7)15-9(2,3)4;5-3(6)1-4-2-10(7,8)9/h6-8,12H,5,9-10H2,1-4H3;1-6H,(H,20,21);2-5,7,10H,6H2,1H3;5H2,1-4H3,(H2,11,12,13,14,15);4H,1-2H2,(H,5,6)(H2,7,8,9). The summed E-state index contributed by atoms with van der Waals surface area (Å²) in [5.74, 6) is -1.74. The van der Waals surface area contributed by atoms with Crippen LogP contribution in [-0.2, 0) is 36.3 Å². The zero-order valence-corrected chi connectivity index (χ0v) is 51.4. The van der Waals surface area contributed by atoms with Crippen LogP contribution in [0.1, 0.15) is 75.5 Å². The number of alkyl halides is 6. The number of rotatable bonds is 18. The van der Waals surface area contributed by atoms with E-state index in [-0.39, 0.29) is 57.1 Å². The molecule has 4 aromatic carbocycles. The molecule has 23 nitrogen and oxygen atoms in total. The number of aryl methyl sites for hydroxylation is 2. The Hall–Kier alpha value is -6.32. The van der Waals surface area contributed by atoms with Crippen LogP contribution >= 0.6 is 65.6 Å². The van der Waals surface area contributed by atoms with Crippen molar-refractivity contribution < 1.29 is 76.0 Å². The fourth-order valence-electron chi connectivity index (χ4n) is 7.15. The number of ether oxygens (including phenoxy) is 3. The van der Waals surface area contributed by atoms with Crippen LogP contribution in [0.15, 0.2) is 78.9 Å². The number of nitrogens with zero attached hydrogens (tertiary/aromatic N) is 6. The predicted octanol–water partition coefficient (Wildman–Crippen LogP) is 11.5. The molecule has 0 radical (unpaired) electrons. The fraction of sp³-hybridized carbons (Fsp3) is 0.404. The third-order valence-electron chi connectivity index (χ3n) is 10.6. The topological polar surface area (TPSA) is 318 Å². The Kier molecular flexibility index (Phi) is 30.4. The number of hydrogen-bond donors (Lipinski definition) is 7. The summed E-state index contributed by atoms with van der Waals surface area (Å²) in [7, 11) is -2.46. The van der Waals surface area contributed by atoms with Gasteiger partial charge in [0, 0.05) is 31.3 Å². The summed E-state index contributed by atoms with van der Waals surface area (Å²) in [6.45, 7) is 17.3. The molecule has 32 heteroatoms. The Balaban J connectivity index is 0.000000368. The average molecular weight is 1300 g/mol. The van der Waals surface area contributed by atoms with E-state index in [4.69, 9.17) is 92.2 Å². The van der Waals surface area contributed by atoms with Crippen LogP contribution in [0.3, 0.4) is 0 Å². The zero-order valence-electron chi connectivity index (χ0n) is 46.7. The highest BCUT2D eigenvalue weighted by atomic mass is 35.5. The van der Waals surface area contributed by atoms with E-state index >= 15 is 0 Å². The van der Waals surface area contributed by atoms with Gasteiger partial charge in [-0.05, 0) is 114 Å². The number of carbonyl (C=O) groups excluding carboxylic acids is 2. The third kappa shape index (κ3) is 25.1. The lowest BCUT2D eigenvalue weighted by molar-refractivity contribution is -0.385. The van der Waals surface area contributed by atoms with Gasteiger partial charge in [-0.25, -0.2) is 4.79 Å². The van der Waals surface area contributed by atoms with Crippen molar-refractivity contribution in [1.82, 2.24) is 20.3 Å². The lowest BCUT2D eigenvalue weighted by atomic mass is 10.0. The molecule has 2 atom stereocenters. The largest absolute Gasteiger partial charge is 0.489 e. The molecule has 6 rings (SSSR count). The number of anilines is 4. The molecule has 0 fully saturated rings. The molecule has 0 spiro atoms. The molecule has 1 aliphatic heterocycles. The molecule has 7 N–H and O–H groups in total. The first-order valence-corrected chi connectivity index (χ1v) is 28.8. The lowest BCUT2D eigenvalue weighted by Gasteiger charge is -2.35. The van der Waals surface area contributed by atoms with Crippen molar-refractivity contribution >= 4 is 118 Å². The van der Waals surface area contributed by atoms with E-state index < -0.39 is 65.1 Å². The quantitative estimate of drug-likeness (QED) is 0.0185. The number of halogens is 8. The Bertz CT molecular complexity index is 3070. The van der Waals surface area contributed by atoms with Gasteiger partial charge in [-0.15, -0.1) is 11.6 Å². The number of benzene rings is 4. The maximum atomic E-state index is 12.6. The van der Waals surface area contributed by atoms with Crippen LogP contribution in [-0.4, -0.2) is 132 Å². The molecule has 0 bridgehead atoms. The molecule has 462 valence electrons. The van der Waals surface area contributed by atoms with Crippen LogP contribution in [0.2, 0.25) is 10.3 Å². The minimum atomic E-state index is -4.58. The second kappa shape index (κ2) is 34.6. The lowest BCUT2D eigenvalue weighted by Crippen LogP contribution is -2.47. The Morgan fingerprint density at radius 1 is 0.964 bits per heavy atom. The number of nitro groups is 1. The summed E-state index contributed by atoms with van der Waals surface area (Å²) in [5, 5.41) is 35.7. The number of aromatic carboxylic acids is 1. The second-order valence-corrected chi connectivity index (χ2v) is 22.3. The summed E-state index contributed by atoms with van der Waals surface area (Å²) in [4.78, 5) is 85.6. The highest BCUT2D eigenvalue weighted by Crippen LogP contribution is 2.38. The van der Waals surface area contributed by atoms with Gasteiger partial charge >= 0.3 is 25.7 Å². The number of carboxylic acid groups (broad SMARTS) is 2. The number of fused-ring (bicyclic) bond motifs is 1. The molecule has 84 heavy (non-hydrogen) atoms. The van der Waals surface area contributed by atoms with Gasteiger partial charge in [0.2, 0.25) is 23.1 Å². The Labute approximate surface area is 507 Å². The molecule has 2 heterocycles. The van der Waals surface area contributed by atoms with Gasteiger partial charge in [-0.1, -0.05) is 72.1 Å². The van der Waals surface area contributed by atoms with Gasteiger partial charge in [0.15, 0.2) is 4.84 Å². The highest BCUT2D eigenvalue weighted by molar-refractivity contribution is 7.51. The summed E-state index contributed by atoms with van der Waals surface area (Å²) in [6, 6.07) is 18.6. The first-order chi connectivity index (χ1) is 39.1. The normalized spacial score (nSPS) is 13.0. The van der Waals surface area contributed by atoms with E-state index in [1.54, 1.807) is 16.9 Å². The molecule has 1 aliphatic rings. The number of amides is 2. The monoisotopic (exact) mass is 1300 g/mol. The van der Waals surface area contributed by atoms with Crippen molar-refractivity contribution in [1.29, 1.82) is 0 Å². The van der Waals surface area contributed by atoms with Gasteiger partial charge < -0.3 is 54.6 Å². The molecule has 0 aliphatic carbocycles. The van der Waals surface area contributed by atoms with Gasteiger partial charge in [-0.2, -0.15) is 28.1 Å². The van der Waals surface area contributed by atoms with Crippen molar-refractivity contribution in [3.05, 3.63) is 122 Å². The van der Waals surface area contributed by atoms with Crippen molar-refractivity contribution in [2.45, 2.75) is 90.4 Å². The van der Waals surface area contributed by atoms with E-state index in [0.29, 0.717) is 36.9 Å². The van der Waals surface area contributed by atoms with E-state index in [9.17, 15) is 47.0 Å². The first kappa shape index (κ1) is 73.8. The van der Waals surface area contributed by atoms with Crippen LogP contribution < -0.4 is 35.2 Å². The van der Waals surface area contributed by atoms with Crippen molar-refractivity contribution in [3.8, 4) is 17.2 Å². The Morgan fingerprint density at radius 3 is 2.13 bits per heavy atom. The molecule has 0 saturated carbocycles. The molecule has 0 saturated heterocycles. The van der Waals surface area contributed by atoms with Crippen LogP contribution in [0.4, 0.5) is 42.1 Å². The molecular formula is C52H64Cl5F3N9O14P. The molecule has 5 aromatic rings. The third-order valence-corrected chi connectivity index (χ3v) is 12.3. The molecule has 2 amide bonds. The maximum Gasteiger partial charge on any atom is 0.416 e.